The van der Waals surface area contributed by atoms with Crippen LogP contribution in [0.5, 0.6) is 0 Å². The first-order chi connectivity index (χ1) is 18.6. The minimum absolute atomic E-state index is 0.154. The van der Waals surface area contributed by atoms with E-state index < -0.39 is 17.9 Å². The van der Waals surface area contributed by atoms with Gasteiger partial charge in [0.1, 0.15) is 11.8 Å². The second-order valence-electron chi connectivity index (χ2n) is 12.8. The molecular weight excluding hydrogens is 492 g/mol. The van der Waals surface area contributed by atoms with E-state index in [-0.39, 0.29) is 29.8 Å². The third-order valence-corrected chi connectivity index (χ3v) is 10.8. The van der Waals surface area contributed by atoms with Gasteiger partial charge in [-0.2, -0.15) is 0 Å². The predicted octanol–water partition coefficient (Wildman–Crippen LogP) is 5.34. The largest absolute Gasteiger partial charge is 0.480 e. The van der Waals surface area contributed by atoms with Crippen LogP contribution in [-0.4, -0.2) is 41.1 Å². The van der Waals surface area contributed by atoms with E-state index in [4.69, 9.17) is 4.84 Å². The molecule has 7 atom stereocenters. The second kappa shape index (κ2) is 10.9. The Morgan fingerprint density at radius 3 is 2.54 bits per heavy atom. The fraction of sp³-hybridized carbons (Fsp3) is 0.625. The van der Waals surface area contributed by atoms with Gasteiger partial charge in [-0.05, 0) is 98.5 Å². The molecule has 210 valence electrons. The van der Waals surface area contributed by atoms with E-state index in [0.717, 1.165) is 43.4 Å². The summed E-state index contributed by atoms with van der Waals surface area (Å²) in [6.07, 6.45) is 11.0. The van der Waals surface area contributed by atoms with Crippen LogP contribution < -0.4 is 5.32 Å². The Morgan fingerprint density at radius 1 is 1.05 bits per heavy atom. The van der Waals surface area contributed by atoms with Crippen molar-refractivity contribution in [2.45, 2.75) is 84.6 Å². The van der Waals surface area contributed by atoms with Gasteiger partial charge in [-0.3, -0.25) is 9.59 Å². The Labute approximate surface area is 231 Å². The number of nitrogens with zero attached hydrogens (tertiary/aromatic N) is 1. The van der Waals surface area contributed by atoms with Crippen LogP contribution in [0.4, 0.5) is 0 Å². The van der Waals surface area contributed by atoms with Crippen molar-refractivity contribution < 1.29 is 24.3 Å². The molecule has 0 bridgehead atoms. The number of carboxylic acid groups (broad SMARTS) is 1. The van der Waals surface area contributed by atoms with Gasteiger partial charge in [-0.1, -0.05) is 54.9 Å². The van der Waals surface area contributed by atoms with Crippen LogP contribution in [0, 0.1) is 34.5 Å². The standard InChI is InChI=1S/C32H42N2O5/c1-20(35)25-11-12-26-24-10-9-22-18-23(13-15-31(22,2)27(24)14-16-32(25,26)3)34-39-19-29(36)33-28(30(37)38)17-21-7-5-4-6-8-21/h4-8,18,24-28H,9-17,19H2,1-3H3,(H,33,36)(H,37,38)/b34-23-/t24?,25?,26?,27?,28?,31-,32+/m0/s1. The summed E-state index contributed by atoms with van der Waals surface area (Å²) in [6.45, 7) is 6.29. The maximum atomic E-state index is 12.4. The van der Waals surface area contributed by atoms with E-state index in [1.165, 1.54) is 24.8 Å². The first kappa shape index (κ1) is 27.6. The quantitative estimate of drug-likeness (QED) is 0.438. The summed E-state index contributed by atoms with van der Waals surface area (Å²) < 4.78 is 0. The number of carbonyl (C=O) groups is 3. The number of carboxylic acids is 1. The van der Waals surface area contributed by atoms with Gasteiger partial charge < -0.3 is 15.3 Å². The Bertz CT molecular complexity index is 1180. The molecule has 2 N–H and O–H groups in total. The summed E-state index contributed by atoms with van der Waals surface area (Å²) in [5, 5.41) is 16.3. The molecule has 0 spiro atoms. The number of ketones is 1. The van der Waals surface area contributed by atoms with Crippen LogP contribution >= 0.6 is 0 Å². The fourth-order valence-electron chi connectivity index (χ4n) is 8.77. The van der Waals surface area contributed by atoms with Crippen molar-refractivity contribution >= 4 is 23.4 Å². The minimum Gasteiger partial charge on any atom is -0.480 e. The molecule has 4 aliphatic rings. The lowest BCUT2D eigenvalue weighted by Gasteiger charge is -2.58. The van der Waals surface area contributed by atoms with E-state index in [1.807, 2.05) is 30.3 Å². The first-order valence-corrected chi connectivity index (χ1v) is 14.6. The smallest absolute Gasteiger partial charge is 0.326 e. The molecule has 7 nitrogen and oxygen atoms in total. The first-order valence-electron chi connectivity index (χ1n) is 14.6. The van der Waals surface area contributed by atoms with Crippen molar-refractivity contribution in [1.82, 2.24) is 5.32 Å². The molecule has 0 aromatic heterocycles. The van der Waals surface area contributed by atoms with Gasteiger partial charge in [0.25, 0.3) is 5.91 Å². The maximum absolute atomic E-state index is 12.4. The van der Waals surface area contributed by atoms with Crippen LogP contribution in [0.25, 0.3) is 0 Å². The van der Waals surface area contributed by atoms with Crippen molar-refractivity contribution in [3.05, 3.63) is 47.5 Å². The summed E-state index contributed by atoms with van der Waals surface area (Å²) >= 11 is 0. The van der Waals surface area contributed by atoms with Gasteiger partial charge in [0.2, 0.25) is 0 Å². The number of nitrogens with one attached hydrogen (secondary N) is 1. The number of Topliss-reactive ketones (excluding diaryl/α,β-unsaturated/α-hetero) is 1. The molecule has 5 rings (SSSR count). The highest BCUT2D eigenvalue weighted by Crippen LogP contribution is 2.66. The molecule has 0 saturated heterocycles. The van der Waals surface area contributed by atoms with Crippen LogP contribution in [0.3, 0.4) is 0 Å². The van der Waals surface area contributed by atoms with Crippen molar-refractivity contribution in [1.29, 1.82) is 0 Å². The average molecular weight is 535 g/mol. The Morgan fingerprint density at radius 2 is 1.82 bits per heavy atom. The molecule has 3 saturated carbocycles. The van der Waals surface area contributed by atoms with Crippen molar-refractivity contribution in [2.24, 2.45) is 39.7 Å². The summed E-state index contributed by atoms with van der Waals surface area (Å²) in [7, 11) is 0. The summed E-state index contributed by atoms with van der Waals surface area (Å²) in [4.78, 5) is 41.8. The lowest BCUT2D eigenvalue weighted by atomic mass is 9.46. The molecule has 39 heavy (non-hydrogen) atoms. The molecule has 0 heterocycles. The van der Waals surface area contributed by atoms with Crippen LogP contribution in [-0.2, 0) is 25.6 Å². The van der Waals surface area contributed by atoms with Crippen LogP contribution in [0.2, 0.25) is 0 Å². The Hall–Kier alpha value is -2.96. The molecule has 5 unspecified atom stereocenters. The van der Waals surface area contributed by atoms with Crippen LogP contribution in [0.15, 0.2) is 47.1 Å². The zero-order chi connectivity index (χ0) is 27.8. The SMILES string of the molecule is CC(=O)C1CCC2C3CCC4=C/C(=N\OCC(=O)NC(Cc5ccccc5)C(=O)O)CC[C@]4(C)C3CC[C@]12C. The minimum atomic E-state index is -1.08. The highest BCUT2D eigenvalue weighted by molar-refractivity contribution is 5.96. The summed E-state index contributed by atoms with van der Waals surface area (Å²) in [6, 6.07) is 8.21. The fourth-order valence-corrected chi connectivity index (χ4v) is 8.77. The zero-order valence-electron chi connectivity index (χ0n) is 23.4. The van der Waals surface area contributed by atoms with Gasteiger partial charge in [0, 0.05) is 12.3 Å². The summed E-state index contributed by atoms with van der Waals surface area (Å²) in [5.41, 5.74) is 3.46. The monoisotopic (exact) mass is 534 g/mol. The number of fused-ring (bicyclic) bond motifs is 5. The lowest BCUT2D eigenvalue weighted by Crippen LogP contribution is -2.51. The van der Waals surface area contributed by atoms with Crippen molar-refractivity contribution in [3.8, 4) is 0 Å². The number of allylic oxidation sites excluding steroid dienone is 2. The molecule has 3 fully saturated rings. The van der Waals surface area contributed by atoms with Gasteiger partial charge in [-0.15, -0.1) is 0 Å². The molecule has 1 amide bonds. The van der Waals surface area contributed by atoms with E-state index in [9.17, 15) is 19.5 Å². The predicted molar refractivity (Wildman–Crippen MR) is 149 cm³/mol. The molecule has 4 aliphatic carbocycles. The average Bonchev–Trinajstić information content (AvgIpc) is 3.26. The molecule has 0 aliphatic heterocycles. The second-order valence-corrected chi connectivity index (χ2v) is 12.8. The van der Waals surface area contributed by atoms with E-state index >= 15 is 0 Å². The lowest BCUT2D eigenvalue weighted by molar-refractivity contribution is -0.142. The van der Waals surface area contributed by atoms with Gasteiger partial charge in [0.15, 0.2) is 6.61 Å². The third-order valence-electron chi connectivity index (χ3n) is 10.8. The molecule has 7 heteroatoms. The Kier molecular flexibility index (Phi) is 7.71. The van der Waals surface area contributed by atoms with Crippen molar-refractivity contribution in [3.63, 3.8) is 0 Å². The number of amides is 1. The van der Waals surface area contributed by atoms with Gasteiger partial charge in [-0.25, -0.2) is 4.79 Å². The number of carbonyl (C=O) groups excluding carboxylic acids is 2. The van der Waals surface area contributed by atoms with E-state index in [0.29, 0.717) is 23.5 Å². The number of rotatable bonds is 8. The normalized spacial score (nSPS) is 35.2. The van der Waals surface area contributed by atoms with Crippen LogP contribution in [0.1, 0.15) is 77.7 Å². The van der Waals surface area contributed by atoms with E-state index in [2.05, 4.69) is 30.4 Å². The third kappa shape index (κ3) is 5.29. The maximum Gasteiger partial charge on any atom is 0.326 e. The number of hydrogen-bond donors (Lipinski definition) is 2. The molecule has 0 radical (unpaired) electrons. The van der Waals surface area contributed by atoms with Gasteiger partial charge in [0.05, 0.1) is 5.71 Å². The number of oxime groups is 1. The number of hydrogen-bond acceptors (Lipinski definition) is 5. The highest BCUT2D eigenvalue weighted by Gasteiger charge is 2.59. The number of benzene rings is 1. The Balaban J connectivity index is 1.19. The molecule has 1 aromatic rings. The number of aliphatic carboxylic acids is 1. The van der Waals surface area contributed by atoms with Crippen molar-refractivity contribution in [2.75, 3.05) is 6.61 Å². The highest BCUT2D eigenvalue weighted by atomic mass is 16.6. The molecular formula is C32H42N2O5. The van der Waals surface area contributed by atoms with Gasteiger partial charge >= 0.3 is 5.97 Å². The van der Waals surface area contributed by atoms with E-state index in [1.54, 1.807) is 6.92 Å². The topological polar surface area (TPSA) is 105 Å². The summed E-state index contributed by atoms with van der Waals surface area (Å²) in [5.74, 6) is 1.01. The molecule has 1 aromatic carbocycles. The zero-order valence-corrected chi connectivity index (χ0v) is 23.4.